The molecule has 7 heteroatoms. The highest BCUT2D eigenvalue weighted by Crippen LogP contribution is 2.37. The van der Waals surface area contributed by atoms with Gasteiger partial charge in [0.25, 0.3) is 5.91 Å². The lowest BCUT2D eigenvalue weighted by molar-refractivity contribution is -0.130. The van der Waals surface area contributed by atoms with Gasteiger partial charge >= 0.3 is 0 Å². The summed E-state index contributed by atoms with van der Waals surface area (Å²) in [4.78, 5) is 26.6. The molecular weight excluding hydrogens is 459 g/mol. The van der Waals surface area contributed by atoms with E-state index in [0.29, 0.717) is 23.7 Å². The standard InChI is InChI=1S/C29H25FN2O4/c1-19(33)32-16-15-20-9-12-24(17-26(20)28(32)21-7-10-22(30)11-8-21)35-18-25-13-14-27(36-25)29(34)31-23-5-3-2-4-6-23/h2-14,17,28H,15-16,18H2,1H3,(H,31,34). The van der Waals surface area contributed by atoms with Crippen LogP contribution in [0.4, 0.5) is 10.1 Å². The van der Waals surface area contributed by atoms with Gasteiger partial charge in [0.15, 0.2) is 5.76 Å². The fourth-order valence-electron chi connectivity index (χ4n) is 4.47. The summed E-state index contributed by atoms with van der Waals surface area (Å²) in [7, 11) is 0. The second kappa shape index (κ2) is 10.1. The number of para-hydroxylation sites is 1. The molecule has 1 atom stereocenters. The molecule has 2 heterocycles. The Kier molecular flexibility index (Phi) is 6.54. The number of rotatable bonds is 6. The fraction of sp³-hybridized carbons (Fsp3) is 0.172. The van der Waals surface area contributed by atoms with Crippen LogP contribution in [-0.2, 0) is 17.8 Å². The molecule has 1 aliphatic heterocycles. The molecule has 6 nitrogen and oxygen atoms in total. The second-order valence-electron chi connectivity index (χ2n) is 8.65. The number of furan rings is 1. The topological polar surface area (TPSA) is 71.8 Å². The van der Waals surface area contributed by atoms with Crippen LogP contribution in [0.25, 0.3) is 0 Å². The number of anilines is 1. The van der Waals surface area contributed by atoms with Gasteiger partial charge in [-0.05, 0) is 71.6 Å². The van der Waals surface area contributed by atoms with Crippen molar-refractivity contribution >= 4 is 17.5 Å². The van der Waals surface area contributed by atoms with Crippen LogP contribution in [0.2, 0.25) is 0 Å². The zero-order valence-electron chi connectivity index (χ0n) is 19.7. The van der Waals surface area contributed by atoms with E-state index in [0.717, 1.165) is 23.1 Å². The molecular formula is C29H25FN2O4. The Balaban J connectivity index is 1.32. The first kappa shape index (κ1) is 23.4. The van der Waals surface area contributed by atoms with Crippen LogP contribution in [0.1, 0.15) is 46.0 Å². The van der Waals surface area contributed by atoms with Crippen molar-refractivity contribution in [2.45, 2.75) is 26.0 Å². The van der Waals surface area contributed by atoms with Crippen molar-refractivity contribution in [2.24, 2.45) is 0 Å². The van der Waals surface area contributed by atoms with Crippen LogP contribution in [0, 0.1) is 5.82 Å². The summed E-state index contributed by atoms with van der Waals surface area (Å²) in [5, 5.41) is 2.79. The van der Waals surface area contributed by atoms with E-state index < -0.39 is 0 Å². The van der Waals surface area contributed by atoms with Crippen LogP contribution in [0.15, 0.2) is 89.3 Å². The number of hydrogen-bond donors (Lipinski definition) is 1. The summed E-state index contributed by atoms with van der Waals surface area (Å²) in [5.41, 5.74) is 3.58. The molecule has 3 aromatic carbocycles. The van der Waals surface area contributed by atoms with Crippen LogP contribution < -0.4 is 10.1 Å². The van der Waals surface area contributed by atoms with Crippen molar-refractivity contribution in [3.05, 3.63) is 119 Å². The number of nitrogens with zero attached hydrogens (tertiary/aromatic N) is 1. The monoisotopic (exact) mass is 484 g/mol. The second-order valence-corrected chi connectivity index (χ2v) is 8.65. The Bertz CT molecular complexity index is 1380. The van der Waals surface area contributed by atoms with Crippen LogP contribution in [0.5, 0.6) is 5.75 Å². The summed E-state index contributed by atoms with van der Waals surface area (Å²) in [6.07, 6.45) is 0.727. The van der Waals surface area contributed by atoms with Crippen molar-refractivity contribution in [2.75, 3.05) is 11.9 Å². The van der Waals surface area contributed by atoms with Gasteiger partial charge in [0.2, 0.25) is 5.91 Å². The number of carbonyl (C=O) groups excluding carboxylic acids is 2. The lowest BCUT2D eigenvalue weighted by Crippen LogP contribution is -2.39. The molecule has 182 valence electrons. The average Bonchev–Trinajstić information content (AvgIpc) is 3.37. The Hall–Kier alpha value is -4.39. The van der Waals surface area contributed by atoms with Crippen molar-refractivity contribution < 1.29 is 23.1 Å². The molecule has 2 amide bonds. The van der Waals surface area contributed by atoms with Gasteiger partial charge in [-0.3, -0.25) is 9.59 Å². The number of halogens is 1. The van der Waals surface area contributed by atoms with Gasteiger partial charge in [0.1, 0.15) is 23.9 Å². The SMILES string of the molecule is CC(=O)N1CCc2ccc(OCc3ccc(C(=O)Nc4ccccc4)o3)cc2C1c1ccc(F)cc1. The molecule has 5 rings (SSSR count). The largest absolute Gasteiger partial charge is 0.486 e. The minimum atomic E-state index is -0.340. The van der Waals surface area contributed by atoms with Gasteiger partial charge < -0.3 is 19.4 Å². The highest BCUT2D eigenvalue weighted by atomic mass is 19.1. The third-order valence-electron chi connectivity index (χ3n) is 6.23. The Labute approximate surface area is 208 Å². The number of ether oxygens (including phenoxy) is 1. The van der Waals surface area contributed by atoms with Gasteiger partial charge in [0.05, 0.1) is 6.04 Å². The summed E-state index contributed by atoms with van der Waals surface area (Å²) in [5.74, 6) is 0.600. The normalized spacial score (nSPS) is 14.7. The summed E-state index contributed by atoms with van der Waals surface area (Å²) in [6.45, 7) is 2.27. The van der Waals surface area contributed by atoms with Gasteiger partial charge in [-0.15, -0.1) is 0 Å². The predicted octanol–water partition coefficient (Wildman–Crippen LogP) is 5.74. The van der Waals surface area contributed by atoms with Crippen molar-refractivity contribution in [1.29, 1.82) is 0 Å². The third kappa shape index (κ3) is 5.00. The number of benzene rings is 3. The first-order valence-electron chi connectivity index (χ1n) is 11.7. The molecule has 4 aromatic rings. The van der Waals surface area contributed by atoms with Crippen LogP contribution in [0.3, 0.4) is 0 Å². The number of nitrogens with one attached hydrogen (secondary N) is 1. The minimum absolute atomic E-state index is 0.0433. The molecule has 0 aliphatic carbocycles. The first-order chi connectivity index (χ1) is 17.5. The van der Waals surface area contributed by atoms with Gasteiger partial charge in [0, 0.05) is 19.2 Å². The Morgan fingerprint density at radius 3 is 2.56 bits per heavy atom. The summed E-state index contributed by atoms with van der Waals surface area (Å²) < 4.78 is 25.2. The van der Waals surface area contributed by atoms with E-state index in [1.54, 1.807) is 48.2 Å². The quantitative estimate of drug-likeness (QED) is 0.379. The van der Waals surface area contributed by atoms with E-state index in [2.05, 4.69) is 5.32 Å². The van der Waals surface area contributed by atoms with Crippen LogP contribution in [-0.4, -0.2) is 23.3 Å². The molecule has 1 aliphatic rings. The zero-order valence-corrected chi connectivity index (χ0v) is 19.7. The molecule has 1 unspecified atom stereocenters. The molecule has 0 spiro atoms. The maximum Gasteiger partial charge on any atom is 0.291 e. The summed E-state index contributed by atoms with van der Waals surface area (Å²) in [6, 6.07) is 24.2. The Morgan fingerprint density at radius 1 is 1.03 bits per heavy atom. The minimum Gasteiger partial charge on any atom is -0.486 e. The highest BCUT2D eigenvalue weighted by molar-refractivity contribution is 6.02. The maximum atomic E-state index is 13.6. The van der Waals surface area contributed by atoms with Crippen molar-refractivity contribution in [1.82, 2.24) is 4.90 Å². The van der Waals surface area contributed by atoms with Crippen LogP contribution >= 0.6 is 0 Å². The van der Waals surface area contributed by atoms with Gasteiger partial charge in [-0.2, -0.15) is 0 Å². The van der Waals surface area contributed by atoms with E-state index in [-0.39, 0.29) is 36.0 Å². The van der Waals surface area contributed by atoms with Crippen molar-refractivity contribution in [3.63, 3.8) is 0 Å². The lowest BCUT2D eigenvalue weighted by atomic mass is 9.88. The fourth-order valence-corrected chi connectivity index (χ4v) is 4.47. The smallest absolute Gasteiger partial charge is 0.291 e. The van der Waals surface area contributed by atoms with E-state index in [1.165, 1.54) is 12.1 Å². The molecule has 1 aromatic heterocycles. The number of carbonyl (C=O) groups is 2. The molecule has 36 heavy (non-hydrogen) atoms. The van der Waals surface area contributed by atoms with E-state index in [9.17, 15) is 14.0 Å². The predicted molar refractivity (Wildman–Crippen MR) is 133 cm³/mol. The van der Waals surface area contributed by atoms with E-state index >= 15 is 0 Å². The molecule has 1 N–H and O–H groups in total. The van der Waals surface area contributed by atoms with E-state index in [4.69, 9.17) is 9.15 Å². The highest BCUT2D eigenvalue weighted by Gasteiger charge is 2.31. The average molecular weight is 485 g/mol. The first-order valence-corrected chi connectivity index (χ1v) is 11.7. The molecule has 0 fully saturated rings. The Morgan fingerprint density at radius 2 is 1.81 bits per heavy atom. The van der Waals surface area contributed by atoms with Gasteiger partial charge in [-0.1, -0.05) is 36.4 Å². The third-order valence-corrected chi connectivity index (χ3v) is 6.23. The molecule has 0 saturated heterocycles. The molecule has 0 saturated carbocycles. The van der Waals surface area contributed by atoms with Crippen molar-refractivity contribution in [3.8, 4) is 5.75 Å². The van der Waals surface area contributed by atoms with E-state index in [1.807, 2.05) is 36.4 Å². The van der Waals surface area contributed by atoms with Gasteiger partial charge in [-0.25, -0.2) is 4.39 Å². The number of hydrogen-bond acceptors (Lipinski definition) is 4. The number of amides is 2. The lowest BCUT2D eigenvalue weighted by Gasteiger charge is -2.37. The summed E-state index contributed by atoms with van der Waals surface area (Å²) >= 11 is 0. The molecule has 0 bridgehead atoms. The maximum absolute atomic E-state index is 13.6. The number of fused-ring (bicyclic) bond motifs is 1. The zero-order chi connectivity index (χ0) is 25.1. The molecule has 0 radical (unpaired) electrons.